The number of hydrogen-bond donors (Lipinski definition) is 2. The number of rotatable bonds is 7. The summed E-state index contributed by atoms with van der Waals surface area (Å²) < 4.78 is 18.7. The number of aliphatic hydroxyl groups is 1. The first-order valence-electron chi connectivity index (χ1n) is 10.9. The van der Waals surface area contributed by atoms with Gasteiger partial charge in [-0.15, -0.1) is 0 Å². The van der Waals surface area contributed by atoms with Crippen molar-refractivity contribution in [1.29, 1.82) is 0 Å². The summed E-state index contributed by atoms with van der Waals surface area (Å²) in [7, 11) is 0. The zero-order valence-electron chi connectivity index (χ0n) is 18.6. The van der Waals surface area contributed by atoms with Crippen LogP contribution in [0.2, 0.25) is 0 Å². The number of carbonyl (C=O) groups is 1. The molecule has 1 aliphatic rings. The average Bonchev–Trinajstić information content (AvgIpc) is 3.15. The SMILES string of the molecule is CC(C)(C)OC(=O)N[C@H](Cc1ccccc1)[C@@H](O)CN1CCC[C@H]1c1ccc(F)cc1. The third kappa shape index (κ3) is 7.04. The van der Waals surface area contributed by atoms with E-state index in [0.717, 1.165) is 30.5 Å². The number of benzene rings is 2. The highest BCUT2D eigenvalue weighted by Crippen LogP contribution is 2.32. The van der Waals surface area contributed by atoms with E-state index in [0.29, 0.717) is 13.0 Å². The fraction of sp³-hybridized carbons (Fsp3) is 0.480. The van der Waals surface area contributed by atoms with E-state index < -0.39 is 23.8 Å². The first-order valence-corrected chi connectivity index (χ1v) is 10.9. The van der Waals surface area contributed by atoms with Gasteiger partial charge in [0.15, 0.2) is 0 Å². The molecule has 1 aliphatic heterocycles. The van der Waals surface area contributed by atoms with Crippen LogP contribution in [0.25, 0.3) is 0 Å². The Bertz CT molecular complexity index is 836. The normalized spacial score (nSPS) is 19.1. The molecular weight excluding hydrogens is 395 g/mol. The molecule has 0 bridgehead atoms. The zero-order chi connectivity index (χ0) is 22.4. The molecule has 0 aromatic heterocycles. The number of nitrogens with zero attached hydrogens (tertiary/aromatic N) is 1. The van der Waals surface area contributed by atoms with E-state index in [9.17, 15) is 14.3 Å². The number of ether oxygens (including phenoxy) is 1. The van der Waals surface area contributed by atoms with E-state index in [1.165, 1.54) is 12.1 Å². The van der Waals surface area contributed by atoms with Gasteiger partial charge in [0.2, 0.25) is 0 Å². The van der Waals surface area contributed by atoms with Gasteiger partial charge in [-0.1, -0.05) is 42.5 Å². The van der Waals surface area contributed by atoms with E-state index in [-0.39, 0.29) is 11.9 Å². The molecule has 0 spiro atoms. The van der Waals surface area contributed by atoms with Gasteiger partial charge < -0.3 is 15.2 Å². The molecule has 0 unspecified atom stereocenters. The van der Waals surface area contributed by atoms with Crippen molar-refractivity contribution >= 4 is 6.09 Å². The monoisotopic (exact) mass is 428 g/mol. The fourth-order valence-electron chi connectivity index (χ4n) is 4.08. The van der Waals surface area contributed by atoms with Crippen LogP contribution in [-0.4, -0.2) is 46.9 Å². The predicted octanol–water partition coefficient (Wildman–Crippen LogP) is 4.46. The molecule has 5 nitrogen and oxygen atoms in total. The number of likely N-dealkylation sites (tertiary alicyclic amines) is 1. The number of nitrogens with one attached hydrogen (secondary N) is 1. The molecule has 2 aromatic rings. The highest BCUT2D eigenvalue weighted by molar-refractivity contribution is 5.68. The van der Waals surface area contributed by atoms with E-state index >= 15 is 0 Å². The molecule has 0 radical (unpaired) electrons. The first kappa shape index (κ1) is 23.2. The topological polar surface area (TPSA) is 61.8 Å². The van der Waals surface area contributed by atoms with Gasteiger partial charge in [-0.2, -0.15) is 0 Å². The van der Waals surface area contributed by atoms with Gasteiger partial charge in [-0.25, -0.2) is 9.18 Å². The Hall–Kier alpha value is -2.44. The van der Waals surface area contributed by atoms with Crippen molar-refractivity contribution in [1.82, 2.24) is 10.2 Å². The number of carbonyl (C=O) groups excluding carboxylic acids is 1. The van der Waals surface area contributed by atoms with Crippen LogP contribution in [0, 0.1) is 5.82 Å². The maximum atomic E-state index is 13.3. The van der Waals surface area contributed by atoms with Gasteiger partial charge in [-0.3, -0.25) is 4.90 Å². The minimum atomic E-state index is -0.784. The van der Waals surface area contributed by atoms with Crippen LogP contribution in [0.1, 0.15) is 50.8 Å². The first-order chi connectivity index (χ1) is 14.7. The summed E-state index contributed by atoms with van der Waals surface area (Å²) in [5.41, 5.74) is 1.46. The summed E-state index contributed by atoms with van der Waals surface area (Å²) >= 11 is 0. The minimum absolute atomic E-state index is 0.133. The highest BCUT2D eigenvalue weighted by atomic mass is 19.1. The summed E-state index contributed by atoms with van der Waals surface area (Å²) in [6, 6.07) is 16.0. The second-order valence-electron chi connectivity index (χ2n) is 9.21. The summed E-state index contributed by atoms with van der Waals surface area (Å²) in [5.74, 6) is -0.252. The minimum Gasteiger partial charge on any atom is -0.444 e. The standard InChI is InChI=1S/C25H33FN2O3/c1-25(2,3)31-24(30)27-21(16-18-8-5-4-6-9-18)23(29)17-28-15-7-10-22(28)19-11-13-20(26)14-12-19/h4-6,8-9,11-14,21-23,29H,7,10,15-17H2,1-3H3,(H,27,30)/t21-,22+,23+/m1/s1. The Morgan fingerprint density at radius 3 is 2.52 bits per heavy atom. The van der Waals surface area contributed by atoms with E-state index in [1.54, 1.807) is 0 Å². The van der Waals surface area contributed by atoms with Crippen LogP contribution in [0.3, 0.4) is 0 Å². The number of hydrogen-bond acceptors (Lipinski definition) is 4. The molecular formula is C25H33FN2O3. The Morgan fingerprint density at radius 1 is 1.19 bits per heavy atom. The molecule has 168 valence electrons. The molecule has 1 fully saturated rings. The van der Waals surface area contributed by atoms with Gasteiger partial charge >= 0.3 is 6.09 Å². The molecule has 0 aliphatic carbocycles. The Balaban J connectivity index is 1.71. The van der Waals surface area contributed by atoms with Crippen LogP contribution < -0.4 is 5.32 Å². The molecule has 2 aromatic carbocycles. The van der Waals surface area contributed by atoms with Crippen LogP contribution in [0.15, 0.2) is 54.6 Å². The molecule has 1 amide bonds. The van der Waals surface area contributed by atoms with E-state index in [2.05, 4.69) is 10.2 Å². The summed E-state index contributed by atoms with van der Waals surface area (Å²) in [6.07, 6.45) is 1.15. The van der Waals surface area contributed by atoms with Gasteiger partial charge in [0.25, 0.3) is 0 Å². The van der Waals surface area contributed by atoms with Gasteiger partial charge in [-0.05, 0) is 69.8 Å². The van der Waals surface area contributed by atoms with Crippen LogP contribution in [0.5, 0.6) is 0 Å². The van der Waals surface area contributed by atoms with Crippen molar-refractivity contribution in [3.8, 4) is 0 Å². The molecule has 3 rings (SSSR count). The lowest BCUT2D eigenvalue weighted by Gasteiger charge is -2.32. The van der Waals surface area contributed by atoms with Crippen LogP contribution >= 0.6 is 0 Å². The predicted molar refractivity (Wildman–Crippen MR) is 119 cm³/mol. The van der Waals surface area contributed by atoms with Crippen molar-refractivity contribution in [3.05, 3.63) is 71.5 Å². The van der Waals surface area contributed by atoms with Gasteiger partial charge in [0, 0.05) is 12.6 Å². The summed E-state index contributed by atoms with van der Waals surface area (Å²) in [6.45, 7) is 6.70. The molecule has 2 N–H and O–H groups in total. The lowest BCUT2D eigenvalue weighted by molar-refractivity contribution is 0.0354. The molecule has 31 heavy (non-hydrogen) atoms. The Morgan fingerprint density at radius 2 is 1.87 bits per heavy atom. The summed E-state index contributed by atoms with van der Waals surface area (Å²) in [5, 5.41) is 14.0. The van der Waals surface area contributed by atoms with Gasteiger partial charge in [0.1, 0.15) is 11.4 Å². The average molecular weight is 429 g/mol. The highest BCUT2D eigenvalue weighted by Gasteiger charge is 2.31. The van der Waals surface area contributed by atoms with Gasteiger partial charge in [0.05, 0.1) is 12.1 Å². The van der Waals surface area contributed by atoms with Crippen molar-refractivity contribution in [2.75, 3.05) is 13.1 Å². The molecule has 3 atom stereocenters. The number of halogens is 1. The number of amides is 1. The van der Waals surface area contributed by atoms with E-state index in [4.69, 9.17) is 4.74 Å². The molecule has 1 heterocycles. The molecule has 6 heteroatoms. The van der Waals surface area contributed by atoms with Crippen LogP contribution in [-0.2, 0) is 11.2 Å². The van der Waals surface area contributed by atoms with Crippen molar-refractivity contribution in [2.45, 2.75) is 63.8 Å². The van der Waals surface area contributed by atoms with Crippen molar-refractivity contribution in [3.63, 3.8) is 0 Å². The van der Waals surface area contributed by atoms with Crippen molar-refractivity contribution < 1.29 is 19.0 Å². The maximum Gasteiger partial charge on any atom is 0.407 e. The number of aliphatic hydroxyl groups excluding tert-OH is 1. The third-order valence-corrected chi connectivity index (χ3v) is 5.51. The zero-order valence-corrected chi connectivity index (χ0v) is 18.6. The molecule has 1 saturated heterocycles. The second-order valence-corrected chi connectivity index (χ2v) is 9.21. The second kappa shape index (κ2) is 10.2. The smallest absolute Gasteiger partial charge is 0.407 e. The quantitative estimate of drug-likeness (QED) is 0.684. The lowest BCUT2D eigenvalue weighted by Crippen LogP contribution is -2.50. The summed E-state index contributed by atoms with van der Waals surface area (Å²) in [4.78, 5) is 14.6. The molecule has 0 saturated carbocycles. The Kier molecular flexibility index (Phi) is 7.68. The number of β-amino-alcohol motifs (C(OH)–C–C–N with tert-alkyl or cyclic N) is 1. The number of alkyl carbamates (subject to hydrolysis) is 1. The fourth-order valence-corrected chi connectivity index (χ4v) is 4.08. The van der Waals surface area contributed by atoms with Crippen LogP contribution in [0.4, 0.5) is 9.18 Å². The van der Waals surface area contributed by atoms with Crippen molar-refractivity contribution in [2.24, 2.45) is 0 Å². The van der Waals surface area contributed by atoms with E-state index in [1.807, 2.05) is 63.2 Å². The lowest BCUT2D eigenvalue weighted by atomic mass is 9.99. The Labute approximate surface area is 184 Å². The largest absolute Gasteiger partial charge is 0.444 e. The third-order valence-electron chi connectivity index (χ3n) is 5.51. The maximum absolute atomic E-state index is 13.3.